The van der Waals surface area contributed by atoms with E-state index in [1.165, 1.54) is 29.5 Å². The van der Waals surface area contributed by atoms with Crippen LogP contribution < -0.4 is 4.74 Å². The van der Waals surface area contributed by atoms with Gasteiger partial charge in [0.1, 0.15) is 5.75 Å². The van der Waals surface area contributed by atoms with Gasteiger partial charge in [0.25, 0.3) is 0 Å². The van der Waals surface area contributed by atoms with Crippen molar-refractivity contribution in [2.75, 3.05) is 7.11 Å². The molecule has 1 nitrogen and oxygen atoms in total. The molecule has 0 aromatic heterocycles. The first kappa shape index (κ1) is 12.3. The normalized spacial score (nSPS) is 14.4. The summed E-state index contributed by atoms with van der Waals surface area (Å²) in [4.78, 5) is 0. The smallest absolute Gasteiger partial charge is 0.122 e. The first-order valence-corrected chi connectivity index (χ1v) is 7.07. The summed E-state index contributed by atoms with van der Waals surface area (Å²) in [6, 6.07) is 17.4. The van der Waals surface area contributed by atoms with E-state index in [0.29, 0.717) is 0 Å². The van der Waals surface area contributed by atoms with Crippen molar-refractivity contribution in [2.24, 2.45) is 0 Å². The van der Waals surface area contributed by atoms with E-state index in [4.69, 9.17) is 4.74 Å². The topological polar surface area (TPSA) is 9.23 Å². The van der Waals surface area contributed by atoms with Gasteiger partial charge in [0.05, 0.1) is 7.11 Å². The molecule has 2 aromatic rings. The predicted octanol–water partition coefficient (Wildman–Crippen LogP) is 4.36. The number of ether oxygens (including phenoxy) is 1. The van der Waals surface area contributed by atoms with Crippen molar-refractivity contribution in [3.05, 3.63) is 65.2 Å². The molecular formula is C18H20O. The molecule has 3 rings (SSSR count). The molecule has 1 fully saturated rings. The van der Waals surface area contributed by atoms with Crippen molar-refractivity contribution in [3.63, 3.8) is 0 Å². The van der Waals surface area contributed by atoms with E-state index in [-0.39, 0.29) is 0 Å². The van der Waals surface area contributed by atoms with E-state index in [1.807, 2.05) is 12.1 Å². The molecule has 1 heteroatoms. The molecule has 1 aliphatic rings. The summed E-state index contributed by atoms with van der Waals surface area (Å²) in [5, 5.41) is 0. The molecular weight excluding hydrogens is 232 g/mol. The lowest BCUT2D eigenvalue weighted by atomic mass is 10.0. The third-order valence-electron chi connectivity index (χ3n) is 3.90. The Morgan fingerprint density at radius 1 is 0.947 bits per heavy atom. The number of aryl methyl sites for hydroxylation is 2. The van der Waals surface area contributed by atoms with E-state index in [2.05, 4.69) is 36.4 Å². The number of benzene rings is 2. The van der Waals surface area contributed by atoms with E-state index in [1.54, 1.807) is 7.11 Å². The fourth-order valence-electron chi connectivity index (χ4n) is 2.56. The van der Waals surface area contributed by atoms with Crippen LogP contribution in [0.2, 0.25) is 0 Å². The van der Waals surface area contributed by atoms with Crippen molar-refractivity contribution < 1.29 is 4.74 Å². The minimum absolute atomic E-state index is 0.850. The van der Waals surface area contributed by atoms with Gasteiger partial charge >= 0.3 is 0 Å². The summed E-state index contributed by atoms with van der Waals surface area (Å²) >= 11 is 0. The highest BCUT2D eigenvalue weighted by molar-refractivity contribution is 5.34. The van der Waals surface area contributed by atoms with Gasteiger partial charge in [0.2, 0.25) is 0 Å². The van der Waals surface area contributed by atoms with Crippen LogP contribution in [0.1, 0.15) is 35.4 Å². The molecule has 19 heavy (non-hydrogen) atoms. The van der Waals surface area contributed by atoms with E-state index < -0.39 is 0 Å². The summed E-state index contributed by atoms with van der Waals surface area (Å²) in [6.45, 7) is 0. The monoisotopic (exact) mass is 252 g/mol. The lowest BCUT2D eigenvalue weighted by Gasteiger charge is -2.08. The van der Waals surface area contributed by atoms with Gasteiger partial charge in [0.15, 0.2) is 0 Å². The zero-order chi connectivity index (χ0) is 13.1. The van der Waals surface area contributed by atoms with Crippen LogP contribution in [-0.4, -0.2) is 7.11 Å². The van der Waals surface area contributed by atoms with Gasteiger partial charge in [-0.3, -0.25) is 0 Å². The summed E-state index contributed by atoms with van der Waals surface area (Å²) < 4.78 is 5.39. The zero-order valence-electron chi connectivity index (χ0n) is 11.4. The second-order valence-corrected chi connectivity index (χ2v) is 5.33. The molecule has 1 aliphatic carbocycles. The van der Waals surface area contributed by atoms with Gasteiger partial charge in [0, 0.05) is 0 Å². The first-order valence-electron chi connectivity index (χ1n) is 7.07. The summed E-state index contributed by atoms with van der Waals surface area (Å²) in [5.74, 6) is 1.85. The van der Waals surface area contributed by atoms with Crippen molar-refractivity contribution >= 4 is 0 Å². The summed E-state index contributed by atoms with van der Waals surface area (Å²) in [6.07, 6.45) is 4.86. The summed E-state index contributed by atoms with van der Waals surface area (Å²) in [7, 11) is 1.74. The molecule has 0 bridgehead atoms. The molecule has 0 unspecified atom stereocenters. The molecule has 2 aromatic carbocycles. The van der Waals surface area contributed by atoms with Crippen molar-refractivity contribution in [2.45, 2.75) is 31.6 Å². The Labute approximate surface area is 115 Å². The Bertz CT molecular complexity index is 538. The van der Waals surface area contributed by atoms with Gasteiger partial charge in [-0.05, 0) is 54.4 Å². The highest BCUT2D eigenvalue weighted by atomic mass is 16.5. The lowest BCUT2D eigenvalue weighted by Crippen LogP contribution is -1.95. The minimum Gasteiger partial charge on any atom is -0.496 e. The Hall–Kier alpha value is -1.76. The highest BCUT2D eigenvalue weighted by Gasteiger charge is 2.22. The Morgan fingerprint density at radius 3 is 2.37 bits per heavy atom. The maximum atomic E-state index is 5.39. The van der Waals surface area contributed by atoms with Crippen LogP contribution in [0.15, 0.2) is 48.5 Å². The van der Waals surface area contributed by atoms with Crippen LogP contribution in [0.5, 0.6) is 5.75 Å². The fraction of sp³-hybridized carbons (Fsp3) is 0.333. The van der Waals surface area contributed by atoms with Crippen molar-refractivity contribution in [3.8, 4) is 5.75 Å². The second-order valence-electron chi connectivity index (χ2n) is 5.33. The summed E-state index contributed by atoms with van der Waals surface area (Å²) in [5.41, 5.74) is 4.22. The molecule has 0 spiro atoms. The molecule has 0 aliphatic heterocycles. The van der Waals surface area contributed by atoms with Crippen molar-refractivity contribution in [1.29, 1.82) is 0 Å². The average Bonchev–Trinajstić information content (AvgIpc) is 3.30. The third kappa shape index (κ3) is 2.98. The number of para-hydroxylation sites is 1. The van der Waals surface area contributed by atoms with Crippen molar-refractivity contribution in [1.82, 2.24) is 0 Å². The van der Waals surface area contributed by atoms with E-state index in [0.717, 1.165) is 24.5 Å². The molecule has 0 heterocycles. The van der Waals surface area contributed by atoms with Crippen LogP contribution >= 0.6 is 0 Å². The predicted molar refractivity (Wildman–Crippen MR) is 78.8 cm³/mol. The number of hydrogen-bond acceptors (Lipinski definition) is 1. The Morgan fingerprint density at radius 2 is 1.68 bits per heavy atom. The van der Waals surface area contributed by atoms with Gasteiger partial charge in [-0.2, -0.15) is 0 Å². The zero-order valence-corrected chi connectivity index (χ0v) is 11.4. The van der Waals surface area contributed by atoms with Crippen LogP contribution in [0, 0.1) is 0 Å². The molecule has 0 atom stereocenters. The highest BCUT2D eigenvalue weighted by Crippen LogP contribution is 2.39. The Kier molecular flexibility index (Phi) is 3.54. The number of rotatable bonds is 5. The van der Waals surface area contributed by atoms with Crippen LogP contribution in [0.4, 0.5) is 0 Å². The van der Waals surface area contributed by atoms with E-state index >= 15 is 0 Å². The quantitative estimate of drug-likeness (QED) is 0.768. The average molecular weight is 252 g/mol. The first-order chi connectivity index (χ1) is 9.36. The largest absolute Gasteiger partial charge is 0.496 e. The Balaban J connectivity index is 1.64. The maximum Gasteiger partial charge on any atom is 0.122 e. The SMILES string of the molecule is COc1ccccc1CCc1ccc(C2CC2)cc1. The molecule has 0 amide bonds. The molecule has 0 radical (unpaired) electrons. The second kappa shape index (κ2) is 5.48. The number of methoxy groups -OCH3 is 1. The standard InChI is InChI=1S/C18H20O/c1-19-18-5-3-2-4-17(18)11-8-14-6-9-15(10-7-14)16-12-13-16/h2-7,9-10,16H,8,11-13H2,1H3. The van der Waals surface area contributed by atoms with Gasteiger partial charge < -0.3 is 4.74 Å². The van der Waals surface area contributed by atoms with E-state index in [9.17, 15) is 0 Å². The van der Waals surface area contributed by atoms with Crippen LogP contribution in [-0.2, 0) is 12.8 Å². The van der Waals surface area contributed by atoms with Crippen LogP contribution in [0.25, 0.3) is 0 Å². The molecule has 0 saturated heterocycles. The van der Waals surface area contributed by atoms with Gasteiger partial charge in [-0.15, -0.1) is 0 Å². The molecule has 0 N–H and O–H groups in total. The fourth-order valence-corrected chi connectivity index (χ4v) is 2.56. The number of hydrogen-bond donors (Lipinski definition) is 0. The van der Waals surface area contributed by atoms with Gasteiger partial charge in [-0.1, -0.05) is 42.5 Å². The minimum atomic E-state index is 0.850. The third-order valence-corrected chi connectivity index (χ3v) is 3.90. The van der Waals surface area contributed by atoms with Gasteiger partial charge in [-0.25, -0.2) is 0 Å². The lowest BCUT2D eigenvalue weighted by molar-refractivity contribution is 0.409. The molecule has 98 valence electrons. The van der Waals surface area contributed by atoms with Crippen LogP contribution in [0.3, 0.4) is 0 Å². The molecule has 1 saturated carbocycles. The maximum absolute atomic E-state index is 5.39.